The Kier molecular flexibility index (Phi) is 6.27. The SMILES string of the molecule is COc1cc(C)ccc1C(=O)CSCC(=O)OC(C)(C)C. The number of thioether (sulfide) groups is 1. The Morgan fingerprint density at radius 2 is 1.86 bits per heavy atom. The first-order valence-electron chi connectivity index (χ1n) is 6.70. The average molecular weight is 310 g/mol. The minimum Gasteiger partial charge on any atom is -0.496 e. The molecule has 0 N–H and O–H groups in total. The number of carbonyl (C=O) groups excluding carboxylic acids is 2. The summed E-state index contributed by atoms with van der Waals surface area (Å²) in [6.45, 7) is 7.39. The molecule has 0 fully saturated rings. The van der Waals surface area contributed by atoms with Gasteiger partial charge in [0.1, 0.15) is 11.4 Å². The van der Waals surface area contributed by atoms with Crippen molar-refractivity contribution in [2.75, 3.05) is 18.6 Å². The van der Waals surface area contributed by atoms with E-state index >= 15 is 0 Å². The molecule has 0 amide bonds. The van der Waals surface area contributed by atoms with Crippen LogP contribution in [-0.4, -0.2) is 36.0 Å². The molecular formula is C16H22O4S. The van der Waals surface area contributed by atoms with E-state index in [0.29, 0.717) is 11.3 Å². The summed E-state index contributed by atoms with van der Waals surface area (Å²) in [5.74, 6) is 0.588. The van der Waals surface area contributed by atoms with Crippen LogP contribution in [0.15, 0.2) is 18.2 Å². The van der Waals surface area contributed by atoms with Gasteiger partial charge >= 0.3 is 5.97 Å². The average Bonchev–Trinajstić information content (AvgIpc) is 2.36. The highest BCUT2D eigenvalue weighted by Gasteiger charge is 2.17. The summed E-state index contributed by atoms with van der Waals surface area (Å²) in [6, 6.07) is 5.45. The number of benzene rings is 1. The molecule has 1 aromatic carbocycles. The van der Waals surface area contributed by atoms with Gasteiger partial charge in [-0.3, -0.25) is 9.59 Å². The van der Waals surface area contributed by atoms with E-state index in [4.69, 9.17) is 9.47 Å². The quantitative estimate of drug-likeness (QED) is 0.596. The van der Waals surface area contributed by atoms with E-state index in [2.05, 4.69) is 0 Å². The van der Waals surface area contributed by atoms with Crippen LogP contribution in [0.2, 0.25) is 0 Å². The van der Waals surface area contributed by atoms with E-state index in [1.807, 2.05) is 39.8 Å². The molecule has 116 valence electrons. The minimum atomic E-state index is -0.498. The summed E-state index contributed by atoms with van der Waals surface area (Å²) < 4.78 is 10.4. The highest BCUT2D eigenvalue weighted by Crippen LogP contribution is 2.22. The molecule has 0 saturated carbocycles. The molecular weight excluding hydrogens is 288 g/mol. The van der Waals surface area contributed by atoms with E-state index < -0.39 is 5.60 Å². The summed E-state index contributed by atoms with van der Waals surface area (Å²) in [4.78, 5) is 23.7. The second kappa shape index (κ2) is 7.50. The van der Waals surface area contributed by atoms with Gasteiger partial charge in [0.05, 0.1) is 24.2 Å². The van der Waals surface area contributed by atoms with Crippen LogP contribution in [0, 0.1) is 6.92 Å². The maximum atomic E-state index is 12.1. The predicted molar refractivity (Wildman–Crippen MR) is 85.2 cm³/mol. The number of Topliss-reactive ketones (excluding diaryl/α,β-unsaturated/α-hetero) is 1. The van der Waals surface area contributed by atoms with E-state index in [-0.39, 0.29) is 23.3 Å². The Labute approximate surface area is 130 Å². The smallest absolute Gasteiger partial charge is 0.316 e. The lowest BCUT2D eigenvalue weighted by Crippen LogP contribution is -2.25. The Bertz CT molecular complexity index is 517. The molecule has 0 radical (unpaired) electrons. The molecule has 5 heteroatoms. The van der Waals surface area contributed by atoms with Crippen molar-refractivity contribution in [3.05, 3.63) is 29.3 Å². The second-order valence-electron chi connectivity index (χ2n) is 5.71. The highest BCUT2D eigenvalue weighted by molar-refractivity contribution is 8.00. The number of ketones is 1. The van der Waals surface area contributed by atoms with E-state index in [0.717, 1.165) is 5.56 Å². The van der Waals surface area contributed by atoms with E-state index in [9.17, 15) is 9.59 Å². The standard InChI is InChI=1S/C16H22O4S/c1-11-6-7-12(14(8-11)19-5)13(17)9-21-10-15(18)20-16(2,3)4/h6-8H,9-10H2,1-5H3. The van der Waals surface area contributed by atoms with Gasteiger partial charge in [-0.05, 0) is 45.4 Å². The van der Waals surface area contributed by atoms with Crippen LogP contribution < -0.4 is 4.74 Å². The van der Waals surface area contributed by atoms with E-state index in [1.165, 1.54) is 11.8 Å². The number of carbonyl (C=O) groups is 2. The van der Waals surface area contributed by atoms with Crippen molar-refractivity contribution in [3.63, 3.8) is 0 Å². The number of aryl methyl sites for hydroxylation is 1. The first-order valence-corrected chi connectivity index (χ1v) is 7.86. The number of rotatable bonds is 6. The van der Waals surface area contributed by atoms with Gasteiger partial charge in [0.2, 0.25) is 0 Å². The molecule has 0 bridgehead atoms. The van der Waals surface area contributed by atoms with Crippen molar-refractivity contribution in [2.45, 2.75) is 33.3 Å². The zero-order chi connectivity index (χ0) is 16.0. The van der Waals surface area contributed by atoms with Gasteiger partial charge in [0.25, 0.3) is 0 Å². The van der Waals surface area contributed by atoms with Crippen LogP contribution >= 0.6 is 11.8 Å². The number of ether oxygens (including phenoxy) is 2. The van der Waals surface area contributed by atoms with Crippen molar-refractivity contribution in [1.82, 2.24) is 0 Å². The molecule has 1 rings (SSSR count). The summed E-state index contributed by atoms with van der Waals surface area (Å²) in [7, 11) is 1.54. The number of hydrogen-bond donors (Lipinski definition) is 0. The topological polar surface area (TPSA) is 52.6 Å². The van der Waals surface area contributed by atoms with Gasteiger partial charge in [0, 0.05) is 0 Å². The van der Waals surface area contributed by atoms with Crippen molar-refractivity contribution < 1.29 is 19.1 Å². The van der Waals surface area contributed by atoms with Crippen molar-refractivity contribution in [1.29, 1.82) is 0 Å². The van der Waals surface area contributed by atoms with E-state index in [1.54, 1.807) is 13.2 Å². The summed E-state index contributed by atoms with van der Waals surface area (Å²) in [5, 5.41) is 0. The third-order valence-corrected chi connectivity index (χ3v) is 3.44. The van der Waals surface area contributed by atoms with Gasteiger partial charge in [0.15, 0.2) is 5.78 Å². The molecule has 0 heterocycles. The van der Waals surface area contributed by atoms with Crippen LogP contribution in [0.25, 0.3) is 0 Å². The molecule has 1 aromatic rings. The van der Waals surface area contributed by atoms with Crippen LogP contribution in [0.1, 0.15) is 36.7 Å². The fourth-order valence-corrected chi connectivity index (χ4v) is 2.37. The molecule has 0 aliphatic heterocycles. The fourth-order valence-electron chi connectivity index (χ4n) is 1.70. The number of esters is 1. The third kappa shape index (κ3) is 6.21. The predicted octanol–water partition coefficient (Wildman–Crippen LogP) is 3.26. The van der Waals surface area contributed by atoms with Gasteiger partial charge in [-0.2, -0.15) is 0 Å². The Hall–Kier alpha value is -1.49. The maximum absolute atomic E-state index is 12.1. The molecule has 0 spiro atoms. The molecule has 0 atom stereocenters. The molecule has 0 aromatic heterocycles. The third-order valence-electron chi connectivity index (χ3n) is 2.53. The van der Waals surface area contributed by atoms with Gasteiger partial charge < -0.3 is 9.47 Å². The number of hydrogen-bond acceptors (Lipinski definition) is 5. The fraction of sp³-hybridized carbons (Fsp3) is 0.500. The molecule has 0 aliphatic carbocycles. The van der Waals surface area contributed by atoms with Crippen molar-refractivity contribution >= 4 is 23.5 Å². The monoisotopic (exact) mass is 310 g/mol. The van der Waals surface area contributed by atoms with Crippen LogP contribution in [-0.2, 0) is 9.53 Å². The lowest BCUT2D eigenvalue weighted by Gasteiger charge is -2.19. The first kappa shape index (κ1) is 17.6. The maximum Gasteiger partial charge on any atom is 0.316 e. The highest BCUT2D eigenvalue weighted by atomic mass is 32.2. The second-order valence-corrected chi connectivity index (χ2v) is 6.69. The Morgan fingerprint density at radius 1 is 1.19 bits per heavy atom. The Morgan fingerprint density at radius 3 is 2.43 bits per heavy atom. The molecule has 21 heavy (non-hydrogen) atoms. The lowest BCUT2D eigenvalue weighted by atomic mass is 10.1. The molecule has 4 nitrogen and oxygen atoms in total. The summed E-state index contributed by atoms with van der Waals surface area (Å²) in [5.41, 5.74) is 1.08. The first-order chi connectivity index (χ1) is 9.73. The normalized spacial score (nSPS) is 11.1. The zero-order valence-electron chi connectivity index (χ0n) is 13.2. The van der Waals surface area contributed by atoms with Gasteiger partial charge in [-0.15, -0.1) is 11.8 Å². The van der Waals surface area contributed by atoms with Gasteiger partial charge in [-0.1, -0.05) is 6.07 Å². The van der Waals surface area contributed by atoms with Crippen LogP contribution in [0.4, 0.5) is 0 Å². The molecule has 0 unspecified atom stereocenters. The largest absolute Gasteiger partial charge is 0.496 e. The lowest BCUT2D eigenvalue weighted by molar-refractivity contribution is -0.151. The minimum absolute atomic E-state index is 0.0552. The summed E-state index contributed by atoms with van der Waals surface area (Å²) in [6.07, 6.45) is 0. The summed E-state index contributed by atoms with van der Waals surface area (Å²) >= 11 is 1.25. The Balaban J connectivity index is 2.53. The van der Waals surface area contributed by atoms with Crippen LogP contribution in [0.5, 0.6) is 5.75 Å². The van der Waals surface area contributed by atoms with Crippen LogP contribution in [0.3, 0.4) is 0 Å². The van der Waals surface area contributed by atoms with Crippen molar-refractivity contribution in [2.24, 2.45) is 0 Å². The zero-order valence-corrected chi connectivity index (χ0v) is 14.0. The number of methoxy groups -OCH3 is 1. The van der Waals surface area contributed by atoms with Crippen molar-refractivity contribution in [3.8, 4) is 5.75 Å². The molecule has 0 aliphatic rings. The molecule has 0 saturated heterocycles. The van der Waals surface area contributed by atoms with Gasteiger partial charge in [-0.25, -0.2) is 0 Å².